The van der Waals surface area contributed by atoms with Gasteiger partial charge in [0.1, 0.15) is 0 Å². The number of hydrogen-bond donors (Lipinski definition) is 0. The molecule has 0 saturated carbocycles. The second-order valence-electron chi connectivity index (χ2n) is 4.71. The minimum absolute atomic E-state index is 0. The van der Waals surface area contributed by atoms with Gasteiger partial charge in [-0.2, -0.15) is 0 Å². The summed E-state index contributed by atoms with van der Waals surface area (Å²) in [6, 6.07) is 13.9. The molecule has 0 spiro atoms. The number of hydrogen-bond acceptors (Lipinski definition) is 2. The van der Waals surface area contributed by atoms with Gasteiger partial charge in [0.25, 0.3) is 0 Å². The average Bonchev–Trinajstić information content (AvgIpc) is 2.47. The summed E-state index contributed by atoms with van der Waals surface area (Å²) >= 11 is 0. The molecule has 2 nitrogen and oxygen atoms in total. The van der Waals surface area contributed by atoms with Crippen LogP contribution in [0.3, 0.4) is 0 Å². The molecule has 0 fully saturated rings. The molecule has 0 amide bonds. The molecule has 0 atom stereocenters. The fraction of sp³-hybridized carbons (Fsp3) is 0.222. The summed E-state index contributed by atoms with van der Waals surface area (Å²) in [6.07, 6.45) is 1.78. The topological polar surface area (TPSA) is 46.1 Å². The van der Waals surface area contributed by atoms with E-state index in [-0.39, 0.29) is 70.6 Å². The van der Waals surface area contributed by atoms with Crippen LogP contribution in [0.25, 0.3) is 11.1 Å². The van der Waals surface area contributed by atoms with E-state index >= 15 is 0 Å². The maximum absolute atomic E-state index is 11.2. The van der Waals surface area contributed by atoms with Crippen LogP contribution < -0.4 is 69.3 Å². The van der Waals surface area contributed by atoms with Gasteiger partial charge in [-0.05, 0) is 35.1 Å². The van der Waals surface area contributed by atoms with Gasteiger partial charge >= 0.3 is 59.1 Å². The van der Waals surface area contributed by atoms with Crippen LogP contribution in [0.2, 0.25) is 0 Å². The van der Waals surface area contributed by atoms with Gasteiger partial charge in [0.05, 0.1) is 0 Å². The van der Waals surface area contributed by atoms with Crippen molar-refractivity contribution in [2.75, 3.05) is 0 Å². The van der Waals surface area contributed by atoms with Crippen molar-refractivity contribution in [1.29, 1.82) is 0 Å². The summed E-state index contributed by atoms with van der Waals surface area (Å²) in [5.41, 5.74) is 4.61. The first kappa shape index (κ1) is 21.8. The zero-order chi connectivity index (χ0) is 14.5. The standard InChI is InChI=1S/C18H20O2.2Na/c1-3-17(13-5-9-15(19)10-6-13)18(4-2)14-7-11-16(20)12-8-14;;/h5-12,19-20H,3-4H2,1-2H3;;/q;2*+1/p-2/b18-17+;;. The van der Waals surface area contributed by atoms with Gasteiger partial charge in [0.2, 0.25) is 0 Å². The van der Waals surface area contributed by atoms with Crippen LogP contribution in [0.4, 0.5) is 0 Å². The molecule has 2 aromatic carbocycles. The Hall–Kier alpha value is -0.220. The molecule has 0 N–H and O–H groups in total. The number of benzene rings is 2. The Labute approximate surface area is 176 Å². The van der Waals surface area contributed by atoms with Crippen LogP contribution in [0, 0.1) is 0 Å². The van der Waals surface area contributed by atoms with Crippen LogP contribution in [0.15, 0.2) is 48.5 Å². The zero-order valence-corrected chi connectivity index (χ0v) is 17.8. The van der Waals surface area contributed by atoms with E-state index in [1.54, 1.807) is 24.3 Å². The molecule has 2 aromatic rings. The molecule has 0 aliphatic carbocycles. The fourth-order valence-corrected chi connectivity index (χ4v) is 2.50. The summed E-state index contributed by atoms with van der Waals surface area (Å²) in [6.45, 7) is 4.22. The largest absolute Gasteiger partial charge is 1.00 e. The third-order valence-electron chi connectivity index (χ3n) is 3.48. The second-order valence-corrected chi connectivity index (χ2v) is 4.71. The maximum Gasteiger partial charge on any atom is 1.00 e. The van der Waals surface area contributed by atoms with E-state index in [2.05, 4.69) is 13.8 Å². The molecule has 4 heteroatoms. The van der Waals surface area contributed by atoms with Gasteiger partial charge in [0.15, 0.2) is 0 Å². The first-order valence-electron chi connectivity index (χ1n) is 6.92. The van der Waals surface area contributed by atoms with Crippen molar-refractivity contribution in [3.8, 4) is 11.5 Å². The van der Waals surface area contributed by atoms with Gasteiger partial charge in [-0.25, -0.2) is 0 Å². The van der Waals surface area contributed by atoms with Crippen molar-refractivity contribution < 1.29 is 69.3 Å². The molecule has 0 unspecified atom stereocenters. The monoisotopic (exact) mass is 312 g/mol. The summed E-state index contributed by atoms with van der Waals surface area (Å²) in [4.78, 5) is 0. The van der Waals surface area contributed by atoms with Crippen LogP contribution in [-0.4, -0.2) is 0 Å². The number of allylic oxidation sites excluding steroid dienone is 2. The third-order valence-corrected chi connectivity index (χ3v) is 3.48. The Kier molecular flexibility index (Phi) is 10.4. The van der Waals surface area contributed by atoms with Gasteiger partial charge < -0.3 is 10.2 Å². The van der Waals surface area contributed by atoms with Crippen molar-refractivity contribution in [3.05, 3.63) is 59.7 Å². The molecule has 0 bridgehead atoms. The molecule has 0 saturated heterocycles. The second kappa shape index (κ2) is 10.5. The predicted octanol–water partition coefficient (Wildman–Crippen LogP) is -2.43. The summed E-state index contributed by atoms with van der Waals surface area (Å²) in [7, 11) is 0. The van der Waals surface area contributed by atoms with Crippen molar-refractivity contribution >= 4 is 11.1 Å². The van der Waals surface area contributed by atoms with E-state index in [0.29, 0.717) is 0 Å². The molecule has 0 aliphatic rings. The molecular weight excluding hydrogens is 294 g/mol. The third kappa shape index (κ3) is 5.45. The Morgan fingerprint density at radius 3 is 1.14 bits per heavy atom. The quantitative estimate of drug-likeness (QED) is 0.466. The Morgan fingerprint density at radius 1 is 0.636 bits per heavy atom. The minimum atomic E-state index is 0. The van der Waals surface area contributed by atoms with E-state index in [1.165, 1.54) is 11.1 Å². The maximum atomic E-state index is 11.2. The predicted molar refractivity (Wildman–Crippen MR) is 79.2 cm³/mol. The summed E-state index contributed by atoms with van der Waals surface area (Å²) < 4.78 is 0. The van der Waals surface area contributed by atoms with Crippen LogP contribution in [-0.2, 0) is 0 Å². The van der Waals surface area contributed by atoms with E-state index in [4.69, 9.17) is 0 Å². The molecule has 0 aromatic heterocycles. The smallest absolute Gasteiger partial charge is 0.872 e. The van der Waals surface area contributed by atoms with Crippen LogP contribution >= 0.6 is 0 Å². The Morgan fingerprint density at radius 2 is 0.909 bits per heavy atom. The average molecular weight is 312 g/mol. The van der Waals surface area contributed by atoms with E-state index in [1.807, 2.05) is 24.3 Å². The zero-order valence-electron chi connectivity index (χ0n) is 13.8. The number of rotatable bonds is 4. The molecule has 22 heavy (non-hydrogen) atoms. The SMILES string of the molecule is CC/C(=C(/CC)c1ccc([O-])cc1)c1ccc([O-])cc1.[Na+].[Na+]. The van der Waals surface area contributed by atoms with Gasteiger partial charge in [-0.15, -0.1) is 11.5 Å². The van der Waals surface area contributed by atoms with Crippen LogP contribution in [0.5, 0.6) is 11.5 Å². The van der Waals surface area contributed by atoms with E-state index < -0.39 is 0 Å². The molecule has 2 rings (SSSR count). The van der Waals surface area contributed by atoms with Gasteiger partial charge in [-0.3, -0.25) is 0 Å². The molecule has 104 valence electrons. The summed E-state index contributed by atoms with van der Waals surface area (Å²) in [5.74, 6) is 0.0518. The molecule has 0 radical (unpaired) electrons. The Bertz CT molecular complexity index is 546. The first-order valence-corrected chi connectivity index (χ1v) is 6.92. The normalized spacial score (nSPS) is 11.0. The van der Waals surface area contributed by atoms with Crippen LogP contribution in [0.1, 0.15) is 37.8 Å². The van der Waals surface area contributed by atoms with Crippen molar-refractivity contribution in [3.63, 3.8) is 0 Å². The Balaban J connectivity index is 0.00000220. The molecule has 0 aliphatic heterocycles. The van der Waals surface area contributed by atoms with Crippen molar-refractivity contribution in [2.24, 2.45) is 0 Å². The molecule has 0 heterocycles. The van der Waals surface area contributed by atoms with E-state index in [9.17, 15) is 10.2 Å². The van der Waals surface area contributed by atoms with Gasteiger partial charge in [-0.1, -0.05) is 62.4 Å². The van der Waals surface area contributed by atoms with Gasteiger partial charge in [0, 0.05) is 0 Å². The summed E-state index contributed by atoms with van der Waals surface area (Å²) in [5, 5.41) is 22.5. The minimum Gasteiger partial charge on any atom is -0.872 e. The first-order chi connectivity index (χ1) is 9.65. The van der Waals surface area contributed by atoms with Crippen molar-refractivity contribution in [2.45, 2.75) is 26.7 Å². The fourth-order valence-electron chi connectivity index (χ4n) is 2.50. The van der Waals surface area contributed by atoms with Crippen molar-refractivity contribution in [1.82, 2.24) is 0 Å². The van der Waals surface area contributed by atoms with E-state index in [0.717, 1.165) is 24.0 Å². The molecular formula is C18H18Na2O2.